The molecule has 5 aromatic carbocycles. The normalized spacial score (nSPS) is 22.1. The second-order valence-corrected chi connectivity index (χ2v) is 31.6. The van der Waals surface area contributed by atoms with Crippen LogP contribution >= 0.6 is 33.3 Å². The molecule has 35 nitrogen and oxygen atoms in total. The number of aromatic nitrogens is 3. The molecule has 5 heterocycles. The van der Waals surface area contributed by atoms with Gasteiger partial charge in [-0.15, -0.1) is 11.8 Å². The maximum Gasteiger partial charge on any atom is 0.244 e. The molecule has 116 heavy (non-hydrogen) atoms. The quantitative estimate of drug-likeness (QED) is 0.0109. The molecule has 38 heteroatoms. The predicted molar refractivity (Wildman–Crippen MR) is 436 cm³/mol. The molecule has 13 amide bonds. The van der Waals surface area contributed by atoms with Crippen molar-refractivity contribution in [3.63, 3.8) is 0 Å². The molecule has 0 unspecified atom stereocenters. The van der Waals surface area contributed by atoms with Gasteiger partial charge in [0.15, 0.2) is 5.96 Å². The Labute approximate surface area is 679 Å². The fourth-order valence-electron chi connectivity index (χ4n) is 12.9. The Balaban J connectivity index is 1.12. The third-order valence-corrected chi connectivity index (χ3v) is 22.5. The number of phenolic OH excluding ortho intramolecular Hbond substituents is 2. The summed E-state index contributed by atoms with van der Waals surface area (Å²) in [7, 11) is 1.79. The minimum Gasteiger partial charge on any atom is -0.508 e. The van der Waals surface area contributed by atoms with E-state index in [1.165, 1.54) is 60.7 Å². The van der Waals surface area contributed by atoms with E-state index in [4.69, 9.17) is 28.3 Å². The van der Waals surface area contributed by atoms with Gasteiger partial charge in [-0.25, -0.2) is 4.98 Å². The van der Waals surface area contributed by atoms with E-state index >= 15 is 33.6 Å². The Hall–Kier alpha value is -12.2. The number of aromatic amines is 2. The summed E-state index contributed by atoms with van der Waals surface area (Å²) in [5, 5.41) is 58.3. The summed E-state index contributed by atoms with van der Waals surface area (Å²) in [5.74, 6) is -14.0. The van der Waals surface area contributed by atoms with Gasteiger partial charge in [0.1, 0.15) is 71.9 Å². The number of para-hydroxylation sites is 1. The molecule has 0 aliphatic carbocycles. The molecule has 0 saturated carbocycles. The Morgan fingerprint density at radius 2 is 1.17 bits per heavy atom. The molecule has 3 fully saturated rings. The molecular formula is C78H96N20O15S3. The second kappa shape index (κ2) is 43.4. The average Bonchev–Trinajstić information content (AvgIpc) is 1.66. The van der Waals surface area contributed by atoms with Gasteiger partial charge >= 0.3 is 0 Å². The number of H-pyrrole nitrogens is 2. The van der Waals surface area contributed by atoms with Crippen molar-refractivity contribution in [2.45, 2.75) is 144 Å². The highest BCUT2D eigenvalue weighted by molar-refractivity contribution is 8.76. The van der Waals surface area contributed by atoms with Gasteiger partial charge in [0.2, 0.25) is 76.8 Å². The standard InChI is InChI=1S/C78H96N20O15S3/c1-43-68(104)91-57(30-44-12-4-2-5-13-44)71(107)97-63(75(111)90-56(67(81)103)29-47-21-25-52(100)26-22-47)40-116-115-39-62(95-69(105)54(79)28-46-19-23-51(99)24-20-46)76(112)93-59(33-50-36-84-42-87-50)73(109)92-58(31-45-14-6-3-7-15-45)72(108)96-61-38-114-41-66(102)98(37-49(89-74(61)110)16-10-11-27-85-78(82)83)64(32-48-35-86-55-18-9-8-17-53(48)55)77(113)94-60(34-65(80)101)70(106)88-43/h2-9,12-15,17-26,35-36,42-43,49,54,56-64,86,99-100H,10-11,16,27-34,37-41,79H2,1H3,(H2,80,101)(H2,81,103)(H,84,87)(H,88,106)(H,89,110)(H,90,111)(H,91,104)(H,92,109)(H,93,112)(H,94,113)(H,95,105)(H,96,108)(H,97,107)(H4,82,83,85)/t43-,49-,54-,56-,57-,58+,59-,60-,61+,62-,63-,64-/m0/s1. The second-order valence-electron chi connectivity index (χ2n) is 28.0. The van der Waals surface area contributed by atoms with Crippen LogP contribution < -0.4 is 81.4 Å². The molecule has 3 aliphatic rings. The smallest absolute Gasteiger partial charge is 0.244 e. The zero-order valence-electron chi connectivity index (χ0n) is 63.3. The number of amides is 13. The first-order chi connectivity index (χ1) is 55.6. The van der Waals surface area contributed by atoms with Crippen LogP contribution in [-0.2, 0) is 101 Å². The first-order valence-electron chi connectivity index (χ1n) is 37.4. The Kier molecular flexibility index (Phi) is 32.8. The highest BCUT2D eigenvalue weighted by Gasteiger charge is 2.40. The van der Waals surface area contributed by atoms with E-state index in [2.05, 4.69) is 73.4 Å². The number of rotatable bonds is 24. The SMILES string of the molecule is C[C@@H]1NC(=O)[C@H](CC(N)=O)NC(=O)[C@H](Cc2c[nH]c3ccccc23)N2C[C@H](CCCCNC(=N)N)NC(=O)[C@@H](CSCC2=O)NC(=O)[C@@H](Cc2ccccc2)NC(=O)[C@H](Cc2c[nH]cn2)NC(=O)[C@@H](NC(=O)[C@@H](N)Cc2ccc(O)cc2)CSSC[C@@H](C(=O)N[C@@H](Cc2ccc(O)cc2)C(N)=O)NC(=O)[C@H](Cc2ccccc2)NC1=O. The minimum absolute atomic E-state index is 0.0546. The summed E-state index contributed by atoms with van der Waals surface area (Å²) < 4.78 is 0. The van der Waals surface area contributed by atoms with Crippen LogP contribution in [0.5, 0.6) is 11.5 Å². The molecule has 3 aliphatic heterocycles. The summed E-state index contributed by atoms with van der Waals surface area (Å²) in [6, 6.07) is 17.5. The van der Waals surface area contributed by atoms with E-state index in [0.29, 0.717) is 51.6 Å². The van der Waals surface area contributed by atoms with Crippen molar-refractivity contribution in [3.05, 3.63) is 186 Å². The van der Waals surface area contributed by atoms with Crippen LogP contribution in [0.3, 0.4) is 0 Å². The lowest BCUT2D eigenvalue weighted by Gasteiger charge is -2.36. The number of primary amides is 2. The highest BCUT2D eigenvalue weighted by Crippen LogP contribution is 2.27. The number of hydrogen-bond acceptors (Lipinski definition) is 21. The molecule has 12 atom stereocenters. The minimum atomic E-state index is -1.84. The Bertz CT molecular complexity index is 4590. The lowest BCUT2D eigenvalue weighted by atomic mass is 10.00. The number of aromatic hydroxyl groups is 2. The molecule has 3 saturated heterocycles. The Morgan fingerprint density at radius 3 is 1.80 bits per heavy atom. The summed E-state index contributed by atoms with van der Waals surface area (Å²) in [6.45, 7) is 1.10. The van der Waals surface area contributed by atoms with Gasteiger partial charge in [0.05, 0.1) is 30.2 Å². The van der Waals surface area contributed by atoms with Gasteiger partial charge in [-0.2, -0.15) is 0 Å². The largest absolute Gasteiger partial charge is 0.508 e. The lowest BCUT2D eigenvalue weighted by Crippen LogP contribution is -2.62. The van der Waals surface area contributed by atoms with Crippen molar-refractivity contribution in [2.75, 3.05) is 36.1 Å². The first-order valence-corrected chi connectivity index (χ1v) is 41.0. The number of nitrogens with one attached hydrogen (secondary N) is 14. The molecule has 7 aromatic rings. The highest BCUT2D eigenvalue weighted by atomic mass is 33.1. The number of imidazole rings is 1. The summed E-state index contributed by atoms with van der Waals surface area (Å²) >= 11 is 0.929. The number of hydrogen-bond donors (Lipinski definition) is 20. The number of phenols is 2. The van der Waals surface area contributed by atoms with Crippen LogP contribution in [-0.4, -0.2) is 221 Å². The van der Waals surface area contributed by atoms with Crippen LogP contribution in [0.4, 0.5) is 0 Å². The van der Waals surface area contributed by atoms with Gasteiger partial charge in [-0.3, -0.25) is 67.7 Å². The molecule has 616 valence electrons. The fourth-order valence-corrected chi connectivity index (χ4v) is 16.1. The van der Waals surface area contributed by atoms with Crippen molar-refractivity contribution in [1.29, 1.82) is 5.41 Å². The molecule has 0 radical (unpaired) electrons. The predicted octanol–water partition coefficient (Wildman–Crippen LogP) is -1.39. The number of guanidine groups is 1. The maximum atomic E-state index is 15.5. The lowest BCUT2D eigenvalue weighted by molar-refractivity contribution is -0.141. The van der Waals surface area contributed by atoms with Crippen molar-refractivity contribution >= 4 is 127 Å². The molecular weight excluding hydrogens is 1550 g/mol. The number of fused-ring (bicyclic) bond motifs is 32. The van der Waals surface area contributed by atoms with Gasteiger partial charge in [0, 0.05) is 91.8 Å². The number of carbonyl (C=O) groups excluding carboxylic acids is 13. The van der Waals surface area contributed by atoms with Crippen LogP contribution in [0.1, 0.15) is 66.1 Å². The molecule has 0 spiro atoms. The third kappa shape index (κ3) is 27.0. The van der Waals surface area contributed by atoms with E-state index in [1.54, 1.807) is 103 Å². The molecule has 24 N–H and O–H groups in total. The fraction of sp³-hybridized carbons (Fsp3) is 0.372. The monoisotopic (exact) mass is 1650 g/mol. The number of benzene rings is 5. The van der Waals surface area contributed by atoms with E-state index in [-0.39, 0.29) is 92.7 Å². The van der Waals surface area contributed by atoms with Crippen LogP contribution in [0, 0.1) is 5.41 Å². The van der Waals surface area contributed by atoms with Crippen molar-refractivity contribution in [2.24, 2.45) is 22.9 Å². The first kappa shape index (κ1) is 87.8. The molecule has 2 aromatic heterocycles. The Morgan fingerprint density at radius 1 is 0.595 bits per heavy atom. The summed E-state index contributed by atoms with van der Waals surface area (Å²) in [5.41, 5.74) is 27.3. The maximum absolute atomic E-state index is 15.5. The number of unbranched alkanes of at least 4 members (excludes halogenated alkanes) is 1. The van der Waals surface area contributed by atoms with E-state index in [1.807, 2.05) is 0 Å². The van der Waals surface area contributed by atoms with Crippen molar-refractivity contribution in [1.82, 2.24) is 78.3 Å². The number of nitrogens with zero attached hydrogens (tertiary/aromatic N) is 2. The van der Waals surface area contributed by atoms with E-state index in [9.17, 15) is 39.0 Å². The zero-order valence-corrected chi connectivity index (χ0v) is 65.8. The molecule has 10 rings (SSSR count). The summed E-state index contributed by atoms with van der Waals surface area (Å²) in [4.78, 5) is 203. The number of carbonyl (C=O) groups is 13. The number of thioether (sulfide) groups is 1. The van der Waals surface area contributed by atoms with E-state index < -0.39 is 167 Å². The van der Waals surface area contributed by atoms with Crippen molar-refractivity contribution in [3.8, 4) is 11.5 Å². The van der Waals surface area contributed by atoms with Crippen LogP contribution in [0.15, 0.2) is 152 Å². The van der Waals surface area contributed by atoms with Crippen LogP contribution in [0.2, 0.25) is 0 Å². The van der Waals surface area contributed by atoms with Gasteiger partial charge < -0.3 is 107 Å². The van der Waals surface area contributed by atoms with E-state index in [0.717, 1.165) is 33.3 Å². The zero-order chi connectivity index (χ0) is 83.4. The van der Waals surface area contributed by atoms with Gasteiger partial charge in [-0.1, -0.05) is 125 Å². The third-order valence-electron chi connectivity index (χ3n) is 19.1. The van der Waals surface area contributed by atoms with Gasteiger partial charge in [-0.05, 0) is 90.8 Å². The average molecular weight is 1650 g/mol. The van der Waals surface area contributed by atoms with Gasteiger partial charge in [0.25, 0.3) is 0 Å². The van der Waals surface area contributed by atoms with Crippen molar-refractivity contribution < 1.29 is 72.5 Å². The van der Waals surface area contributed by atoms with Crippen LogP contribution in [0.25, 0.3) is 10.9 Å². The topological polar surface area (TPSA) is 570 Å². The number of nitrogens with two attached hydrogens (primary N) is 4. The molecule has 2 bridgehead atoms. The summed E-state index contributed by atoms with van der Waals surface area (Å²) in [6.07, 6.45) is 3.14.